The fraction of sp³-hybridized carbons (Fsp3) is 0.500. The highest BCUT2D eigenvalue weighted by atomic mass is 16.5. The minimum Gasteiger partial charge on any atom is -0.500 e. The molecule has 9 heavy (non-hydrogen) atoms. The smallest absolute Gasteiger partial charge is 0.179 e. The second kappa shape index (κ2) is 4.98. The maximum absolute atomic E-state index is 8.23. The van der Waals surface area contributed by atoms with Crippen molar-refractivity contribution in [1.29, 1.82) is 5.26 Å². The van der Waals surface area contributed by atoms with E-state index >= 15 is 0 Å². The minimum atomic E-state index is 0.521. The van der Waals surface area contributed by atoms with Gasteiger partial charge in [-0.15, -0.1) is 0 Å². The van der Waals surface area contributed by atoms with Gasteiger partial charge < -0.3 is 9.64 Å². The zero-order valence-corrected chi connectivity index (χ0v) is 5.50. The number of hydrogen-bond acceptors (Lipinski definition) is 3. The van der Waals surface area contributed by atoms with Crippen molar-refractivity contribution in [3.05, 3.63) is 12.8 Å². The summed E-state index contributed by atoms with van der Waals surface area (Å²) in [6.07, 6.45) is 3.31. The third-order valence-electron chi connectivity index (χ3n) is 0.833. The van der Waals surface area contributed by atoms with Crippen LogP contribution in [-0.4, -0.2) is 25.1 Å². The molecule has 3 heteroatoms. The van der Waals surface area contributed by atoms with Crippen LogP contribution in [0.3, 0.4) is 0 Å². The lowest BCUT2D eigenvalue weighted by molar-refractivity contribution is 0.224. The van der Waals surface area contributed by atoms with E-state index in [1.54, 1.807) is 7.05 Å². The Balaban J connectivity index is 3.08. The second-order valence-corrected chi connectivity index (χ2v) is 1.56. The van der Waals surface area contributed by atoms with E-state index in [0.717, 1.165) is 0 Å². The summed E-state index contributed by atoms with van der Waals surface area (Å²) in [6, 6.07) is 0. The Hall–Kier alpha value is -1.17. The normalized spacial score (nSPS) is 7.56. The van der Waals surface area contributed by atoms with Gasteiger partial charge >= 0.3 is 0 Å². The van der Waals surface area contributed by atoms with E-state index in [2.05, 4.69) is 6.58 Å². The molecule has 0 atom stereocenters. The van der Waals surface area contributed by atoms with Crippen LogP contribution in [0, 0.1) is 11.5 Å². The zero-order valence-electron chi connectivity index (χ0n) is 5.50. The molecule has 0 rings (SSSR count). The molecule has 0 aliphatic heterocycles. The first kappa shape index (κ1) is 7.83. The summed E-state index contributed by atoms with van der Waals surface area (Å²) in [5.41, 5.74) is 0. The minimum absolute atomic E-state index is 0.521. The van der Waals surface area contributed by atoms with E-state index in [0.29, 0.717) is 13.2 Å². The van der Waals surface area contributed by atoms with Crippen LogP contribution in [-0.2, 0) is 4.74 Å². The van der Waals surface area contributed by atoms with Gasteiger partial charge in [0.25, 0.3) is 0 Å². The van der Waals surface area contributed by atoms with Crippen LogP contribution < -0.4 is 0 Å². The molecule has 0 aliphatic rings. The van der Waals surface area contributed by atoms with E-state index < -0.39 is 0 Å². The van der Waals surface area contributed by atoms with Crippen molar-refractivity contribution in [2.45, 2.75) is 0 Å². The molecule has 0 spiro atoms. The molecule has 50 valence electrons. The molecule has 0 aromatic heterocycles. The molecule has 0 aromatic carbocycles. The summed E-state index contributed by atoms with van der Waals surface area (Å²) < 4.78 is 4.78. The molecule has 0 unspecified atom stereocenters. The van der Waals surface area contributed by atoms with Gasteiger partial charge in [0.15, 0.2) is 6.19 Å². The molecule has 0 heterocycles. The zero-order chi connectivity index (χ0) is 7.11. The number of hydrogen-bond donors (Lipinski definition) is 0. The molecule has 0 aromatic rings. The van der Waals surface area contributed by atoms with Crippen LogP contribution in [0.2, 0.25) is 0 Å². The van der Waals surface area contributed by atoms with Gasteiger partial charge in [-0.2, -0.15) is 5.26 Å². The first-order chi connectivity index (χ1) is 4.31. The van der Waals surface area contributed by atoms with Gasteiger partial charge in [-0.1, -0.05) is 6.58 Å². The molecule has 0 aliphatic carbocycles. The van der Waals surface area contributed by atoms with Crippen molar-refractivity contribution in [2.24, 2.45) is 0 Å². The first-order valence-electron chi connectivity index (χ1n) is 2.64. The standard InChI is InChI=1S/C6H10N2O/c1-3-9-5-4-8(2)6-7/h3H,1,4-5H2,2H3. The van der Waals surface area contributed by atoms with E-state index in [-0.39, 0.29) is 0 Å². The molecule has 0 fully saturated rings. The van der Waals surface area contributed by atoms with Gasteiger partial charge in [-0.05, 0) is 0 Å². The topological polar surface area (TPSA) is 36.3 Å². The maximum atomic E-state index is 8.23. The lowest BCUT2D eigenvalue weighted by atomic mass is 10.6. The van der Waals surface area contributed by atoms with Gasteiger partial charge in [0.2, 0.25) is 0 Å². The van der Waals surface area contributed by atoms with Gasteiger partial charge in [0.1, 0.15) is 6.61 Å². The molecule has 0 saturated heterocycles. The highest BCUT2D eigenvalue weighted by Gasteiger charge is 1.89. The van der Waals surface area contributed by atoms with Gasteiger partial charge in [0.05, 0.1) is 12.8 Å². The lowest BCUT2D eigenvalue weighted by Gasteiger charge is -2.06. The Morgan fingerprint density at radius 3 is 3.00 bits per heavy atom. The van der Waals surface area contributed by atoms with Crippen molar-refractivity contribution < 1.29 is 4.74 Å². The van der Waals surface area contributed by atoms with Crippen molar-refractivity contribution in [2.75, 3.05) is 20.2 Å². The van der Waals surface area contributed by atoms with Crippen LogP contribution in [0.5, 0.6) is 0 Å². The monoisotopic (exact) mass is 126 g/mol. The molecule has 0 bridgehead atoms. The van der Waals surface area contributed by atoms with Crippen molar-refractivity contribution in [3.8, 4) is 6.19 Å². The van der Waals surface area contributed by atoms with E-state index in [1.807, 2.05) is 6.19 Å². The summed E-state index contributed by atoms with van der Waals surface area (Å²) in [4.78, 5) is 1.49. The summed E-state index contributed by atoms with van der Waals surface area (Å²) in [5, 5.41) is 8.23. The van der Waals surface area contributed by atoms with Gasteiger partial charge in [-0.25, -0.2) is 0 Å². The van der Waals surface area contributed by atoms with Crippen molar-refractivity contribution >= 4 is 0 Å². The number of likely N-dealkylation sites (N-methyl/N-ethyl adjacent to an activating group) is 1. The Kier molecular flexibility index (Phi) is 4.33. The fourth-order valence-electron chi connectivity index (χ4n) is 0.323. The highest BCUT2D eigenvalue weighted by molar-refractivity contribution is 4.67. The predicted octanol–water partition coefficient (Wildman–Crippen LogP) is 0.559. The average Bonchev–Trinajstić information content (AvgIpc) is 1.89. The summed E-state index contributed by atoms with van der Waals surface area (Å²) in [5.74, 6) is 0. The highest BCUT2D eigenvalue weighted by Crippen LogP contribution is 1.78. The van der Waals surface area contributed by atoms with Gasteiger partial charge in [0, 0.05) is 7.05 Å². The summed E-state index contributed by atoms with van der Waals surface area (Å²) in [7, 11) is 1.70. The second-order valence-electron chi connectivity index (χ2n) is 1.56. The Morgan fingerprint density at radius 2 is 2.56 bits per heavy atom. The Morgan fingerprint density at radius 1 is 1.89 bits per heavy atom. The van der Waals surface area contributed by atoms with E-state index in [9.17, 15) is 0 Å². The maximum Gasteiger partial charge on any atom is 0.179 e. The first-order valence-corrected chi connectivity index (χ1v) is 2.64. The van der Waals surface area contributed by atoms with Crippen molar-refractivity contribution in [3.63, 3.8) is 0 Å². The van der Waals surface area contributed by atoms with Crippen LogP contribution >= 0.6 is 0 Å². The number of nitrogens with zero attached hydrogens (tertiary/aromatic N) is 2. The van der Waals surface area contributed by atoms with Crippen LogP contribution in [0.25, 0.3) is 0 Å². The number of nitriles is 1. The molecule has 3 nitrogen and oxygen atoms in total. The molecule has 0 radical (unpaired) electrons. The van der Waals surface area contributed by atoms with Gasteiger partial charge in [-0.3, -0.25) is 0 Å². The third kappa shape index (κ3) is 4.69. The number of rotatable bonds is 4. The van der Waals surface area contributed by atoms with E-state index in [4.69, 9.17) is 10.00 Å². The molecule has 0 N–H and O–H groups in total. The molecular weight excluding hydrogens is 116 g/mol. The predicted molar refractivity (Wildman–Crippen MR) is 34.4 cm³/mol. The van der Waals surface area contributed by atoms with Crippen LogP contribution in [0.4, 0.5) is 0 Å². The van der Waals surface area contributed by atoms with E-state index in [1.165, 1.54) is 11.2 Å². The Labute approximate surface area is 55.1 Å². The SMILES string of the molecule is C=COCCN(C)C#N. The lowest BCUT2D eigenvalue weighted by Crippen LogP contribution is -2.16. The van der Waals surface area contributed by atoms with Crippen LogP contribution in [0.15, 0.2) is 12.8 Å². The van der Waals surface area contributed by atoms with Crippen LogP contribution in [0.1, 0.15) is 0 Å². The molecular formula is C6H10N2O. The average molecular weight is 126 g/mol. The fourth-order valence-corrected chi connectivity index (χ4v) is 0.323. The number of ether oxygens (including phenoxy) is 1. The van der Waals surface area contributed by atoms with Crippen molar-refractivity contribution in [1.82, 2.24) is 4.90 Å². The third-order valence-corrected chi connectivity index (χ3v) is 0.833. The Bertz CT molecular complexity index is 117. The summed E-state index contributed by atoms with van der Waals surface area (Å²) in [6.45, 7) is 4.49. The molecule has 0 saturated carbocycles. The summed E-state index contributed by atoms with van der Waals surface area (Å²) >= 11 is 0. The largest absolute Gasteiger partial charge is 0.500 e. The molecule has 0 amide bonds. The quantitative estimate of drug-likeness (QED) is 0.239.